The van der Waals surface area contributed by atoms with Crippen LogP contribution in [0.4, 0.5) is 10.4 Å². The molecule has 0 bridgehead atoms. The third-order valence-corrected chi connectivity index (χ3v) is 5.00. The summed E-state index contributed by atoms with van der Waals surface area (Å²) in [6, 6.07) is 4.68. The minimum absolute atomic E-state index is 0.0543. The number of hydrazone groups is 1. The first-order valence-electron chi connectivity index (χ1n) is 8.78. The zero-order valence-electron chi connectivity index (χ0n) is 15.0. The Kier molecular flexibility index (Phi) is 5.49. The minimum Gasteiger partial charge on any atom is -0.489 e. The van der Waals surface area contributed by atoms with Crippen molar-refractivity contribution in [3.05, 3.63) is 34.3 Å². The van der Waals surface area contributed by atoms with Gasteiger partial charge < -0.3 is 19.3 Å². The molecule has 0 radical (unpaired) electrons. The van der Waals surface area contributed by atoms with Crippen molar-refractivity contribution in [3.8, 4) is 5.75 Å². The summed E-state index contributed by atoms with van der Waals surface area (Å²) in [6.45, 7) is 0.956. The highest BCUT2D eigenvalue weighted by Gasteiger charge is 2.27. The van der Waals surface area contributed by atoms with E-state index in [9.17, 15) is 9.18 Å². The SMILES string of the molecule is O=C(O)CN1NN=C(c2noc(N3CCC(Oc4cc(F)ccc4Br)CC3)n2)N1. The molecule has 1 fully saturated rings. The molecule has 1 aromatic carbocycles. The first-order valence-corrected chi connectivity index (χ1v) is 9.57. The van der Waals surface area contributed by atoms with E-state index in [1.54, 1.807) is 6.07 Å². The molecule has 0 saturated carbocycles. The number of amidine groups is 1. The number of carbonyl (C=O) groups is 1. The predicted octanol–water partition coefficient (Wildman–Crippen LogP) is 1.09. The minimum atomic E-state index is -1.02. The molecule has 154 valence electrons. The van der Waals surface area contributed by atoms with Crippen molar-refractivity contribution >= 4 is 33.7 Å². The topological polar surface area (TPSA) is 128 Å². The third-order valence-electron chi connectivity index (χ3n) is 4.34. The first-order chi connectivity index (χ1) is 14.0. The van der Waals surface area contributed by atoms with Crippen molar-refractivity contribution in [1.29, 1.82) is 0 Å². The van der Waals surface area contributed by atoms with Crippen LogP contribution in [0.2, 0.25) is 0 Å². The Morgan fingerprint density at radius 1 is 1.41 bits per heavy atom. The van der Waals surface area contributed by atoms with Gasteiger partial charge in [0.05, 0.1) is 4.47 Å². The average molecular weight is 470 g/mol. The zero-order valence-corrected chi connectivity index (χ0v) is 16.6. The number of nitrogens with zero attached hydrogens (tertiary/aromatic N) is 5. The van der Waals surface area contributed by atoms with Crippen LogP contribution in [0.25, 0.3) is 0 Å². The van der Waals surface area contributed by atoms with Crippen LogP contribution < -0.4 is 20.6 Å². The Morgan fingerprint density at radius 2 is 2.21 bits per heavy atom. The van der Waals surface area contributed by atoms with Crippen LogP contribution in [-0.2, 0) is 4.79 Å². The average Bonchev–Trinajstić information content (AvgIpc) is 3.34. The lowest BCUT2D eigenvalue weighted by Gasteiger charge is -2.30. The number of anilines is 1. The number of hydrogen-bond donors (Lipinski definition) is 3. The Morgan fingerprint density at radius 3 is 2.97 bits per heavy atom. The number of aromatic nitrogens is 2. The molecule has 3 N–H and O–H groups in total. The second-order valence-electron chi connectivity index (χ2n) is 6.43. The number of ether oxygens (including phenoxy) is 1. The largest absolute Gasteiger partial charge is 0.489 e. The fourth-order valence-corrected chi connectivity index (χ4v) is 3.29. The molecule has 13 heteroatoms. The number of benzene rings is 1. The standard InChI is InChI=1S/C16H17BrFN7O4/c17-11-2-1-9(18)7-12(11)28-10-3-5-24(6-4-10)16-19-14(22-29-16)15-20-23-25(21-15)8-13(26)27/h1-2,7,10,23H,3-6,8H2,(H,20,21)(H,26,27). The maximum absolute atomic E-state index is 13.4. The van der Waals surface area contributed by atoms with Gasteiger partial charge in [-0.1, -0.05) is 5.16 Å². The molecule has 0 spiro atoms. The normalized spacial score (nSPS) is 17.6. The van der Waals surface area contributed by atoms with Crippen molar-refractivity contribution in [2.45, 2.75) is 18.9 Å². The van der Waals surface area contributed by atoms with Gasteiger partial charge in [-0.05, 0) is 28.1 Å². The molecule has 2 aromatic rings. The van der Waals surface area contributed by atoms with E-state index in [1.807, 2.05) is 4.90 Å². The highest BCUT2D eigenvalue weighted by molar-refractivity contribution is 9.10. The summed E-state index contributed by atoms with van der Waals surface area (Å²) in [4.78, 5) is 17.0. The van der Waals surface area contributed by atoms with Gasteiger partial charge in [0.1, 0.15) is 24.2 Å². The van der Waals surface area contributed by atoms with Gasteiger partial charge in [0, 0.05) is 32.0 Å². The molecule has 1 aromatic heterocycles. The van der Waals surface area contributed by atoms with Crippen LogP contribution in [-0.4, -0.2) is 57.9 Å². The molecule has 3 heterocycles. The van der Waals surface area contributed by atoms with Gasteiger partial charge in [0.25, 0.3) is 0 Å². The Bertz CT molecular complexity index is 932. The lowest BCUT2D eigenvalue weighted by molar-refractivity contribution is -0.139. The number of hydrogen-bond acceptors (Lipinski definition) is 10. The van der Waals surface area contributed by atoms with Crippen molar-refractivity contribution < 1.29 is 23.6 Å². The Balaban J connectivity index is 1.32. The summed E-state index contributed by atoms with van der Waals surface area (Å²) in [7, 11) is 0. The second kappa shape index (κ2) is 8.21. The van der Waals surface area contributed by atoms with E-state index in [4.69, 9.17) is 14.4 Å². The van der Waals surface area contributed by atoms with Crippen molar-refractivity contribution in [2.24, 2.45) is 5.10 Å². The number of halogens is 2. The number of rotatable bonds is 6. The van der Waals surface area contributed by atoms with Crippen LogP contribution in [0.1, 0.15) is 18.7 Å². The molecule has 2 aliphatic rings. The van der Waals surface area contributed by atoms with Gasteiger partial charge in [0.2, 0.25) is 11.7 Å². The summed E-state index contributed by atoms with van der Waals surface area (Å²) >= 11 is 3.36. The lowest BCUT2D eigenvalue weighted by atomic mass is 10.1. The molecule has 2 aliphatic heterocycles. The summed E-state index contributed by atoms with van der Waals surface area (Å²) in [5.41, 5.74) is 5.24. The quantitative estimate of drug-likeness (QED) is 0.565. The van der Waals surface area contributed by atoms with E-state index in [1.165, 1.54) is 17.3 Å². The van der Waals surface area contributed by atoms with Gasteiger partial charge >= 0.3 is 12.0 Å². The molecular weight excluding hydrogens is 453 g/mol. The Labute approximate surface area is 172 Å². The Hall–Kier alpha value is -2.93. The summed E-state index contributed by atoms with van der Waals surface area (Å²) in [5.74, 6) is -0.422. The number of hydrazine groups is 2. The zero-order chi connectivity index (χ0) is 20.4. The molecule has 1 saturated heterocycles. The maximum Gasteiger partial charge on any atom is 0.324 e. The van der Waals surface area contributed by atoms with Gasteiger partial charge in [-0.2, -0.15) is 4.98 Å². The lowest BCUT2D eigenvalue weighted by Crippen LogP contribution is -2.44. The summed E-state index contributed by atoms with van der Waals surface area (Å²) in [5, 5.41) is 17.8. The molecule has 0 atom stereocenters. The van der Waals surface area contributed by atoms with E-state index in [-0.39, 0.29) is 30.1 Å². The van der Waals surface area contributed by atoms with E-state index in [0.717, 1.165) is 0 Å². The monoisotopic (exact) mass is 469 g/mol. The van der Waals surface area contributed by atoms with E-state index in [0.29, 0.717) is 42.2 Å². The summed E-state index contributed by atoms with van der Waals surface area (Å²) < 4.78 is 25.3. The number of carboxylic acids is 1. The van der Waals surface area contributed by atoms with Crippen molar-refractivity contribution in [2.75, 3.05) is 24.5 Å². The van der Waals surface area contributed by atoms with E-state index < -0.39 is 5.97 Å². The second-order valence-corrected chi connectivity index (χ2v) is 7.29. The molecule has 0 aliphatic carbocycles. The number of nitrogens with one attached hydrogen (secondary N) is 2. The van der Waals surface area contributed by atoms with Crippen LogP contribution >= 0.6 is 15.9 Å². The van der Waals surface area contributed by atoms with Gasteiger partial charge in [0.15, 0.2) is 0 Å². The third kappa shape index (κ3) is 4.56. The maximum atomic E-state index is 13.4. The predicted molar refractivity (Wildman–Crippen MR) is 101 cm³/mol. The number of piperidine rings is 1. The first kappa shape index (κ1) is 19.4. The van der Waals surface area contributed by atoms with Crippen molar-refractivity contribution in [1.82, 2.24) is 26.2 Å². The van der Waals surface area contributed by atoms with Gasteiger partial charge in [-0.25, -0.2) is 9.93 Å². The van der Waals surface area contributed by atoms with Gasteiger partial charge in [-0.15, -0.1) is 10.2 Å². The number of carboxylic acid groups (broad SMARTS) is 1. The molecule has 4 rings (SSSR count). The summed E-state index contributed by atoms with van der Waals surface area (Å²) in [6.07, 6.45) is 1.35. The van der Waals surface area contributed by atoms with E-state index >= 15 is 0 Å². The fourth-order valence-electron chi connectivity index (χ4n) is 2.95. The van der Waals surface area contributed by atoms with Crippen molar-refractivity contribution in [3.63, 3.8) is 0 Å². The van der Waals surface area contributed by atoms with Crippen LogP contribution in [0.5, 0.6) is 5.75 Å². The highest BCUT2D eigenvalue weighted by atomic mass is 79.9. The molecule has 11 nitrogen and oxygen atoms in total. The van der Waals surface area contributed by atoms with Crippen LogP contribution in [0, 0.1) is 5.82 Å². The van der Waals surface area contributed by atoms with E-state index in [2.05, 4.69) is 42.1 Å². The molecule has 29 heavy (non-hydrogen) atoms. The molecule has 0 unspecified atom stereocenters. The molecular formula is C16H17BrFN7O4. The number of aliphatic carboxylic acids is 1. The smallest absolute Gasteiger partial charge is 0.324 e. The van der Waals surface area contributed by atoms with Gasteiger partial charge in [-0.3, -0.25) is 10.2 Å². The fraction of sp³-hybridized carbons (Fsp3) is 0.375. The molecule has 0 amide bonds. The highest BCUT2D eigenvalue weighted by Crippen LogP contribution is 2.29. The van der Waals surface area contributed by atoms with Crippen LogP contribution in [0.3, 0.4) is 0 Å². The van der Waals surface area contributed by atoms with Crippen LogP contribution in [0.15, 0.2) is 32.3 Å².